The Balaban J connectivity index is 1.48. The summed E-state index contributed by atoms with van der Waals surface area (Å²) in [7, 11) is 1.57. The lowest BCUT2D eigenvalue weighted by Crippen LogP contribution is -2.57. The second kappa shape index (κ2) is 11.5. The van der Waals surface area contributed by atoms with E-state index in [1.807, 2.05) is 44.2 Å². The summed E-state index contributed by atoms with van der Waals surface area (Å²) in [5, 5.41) is 16.3. The minimum absolute atomic E-state index is 0.166. The highest BCUT2D eigenvalue weighted by molar-refractivity contribution is 9.09. The number of amides is 3. The summed E-state index contributed by atoms with van der Waals surface area (Å²) in [6.07, 6.45) is 0.345. The van der Waals surface area contributed by atoms with Crippen LogP contribution in [0.2, 0.25) is 0 Å². The first-order valence-electron chi connectivity index (χ1n) is 13.7. The SMILES string of the molecule is COc1ccc(NC(=O)C2N([C@@H](CO)CC(C)C)C(=O)[C@@H]3[C@@H](C(=O)NCc4ccccc4)[C@@H]4OC23CC4Br)cc1. The molecule has 0 aliphatic carbocycles. The van der Waals surface area contributed by atoms with Gasteiger partial charge in [0.15, 0.2) is 0 Å². The summed E-state index contributed by atoms with van der Waals surface area (Å²) < 4.78 is 11.8. The number of benzene rings is 2. The third-order valence-electron chi connectivity index (χ3n) is 8.29. The number of fused-ring (bicyclic) bond motifs is 1. The topological polar surface area (TPSA) is 117 Å². The van der Waals surface area contributed by atoms with Gasteiger partial charge in [-0.15, -0.1) is 0 Å². The lowest BCUT2D eigenvalue weighted by Gasteiger charge is -2.37. The van der Waals surface area contributed by atoms with Crippen LogP contribution in [-0.4, -0.2) is 70.1 Å². The van der Waals surface area contributed by atoms with Crippen LogP contribution in [0.3, 0.4) is 0 Å². The number of methoxy groups -OCH3 is 1. The Hall–Kier alpha value is -2.95. The molecular weight excluding hydrogens is 578 g/mol. The molecule has 3 fully saturated rings. The Morgan fingerprint density at radius 1 is 1.15 bits per heavy atom. The first-order valence-corrected chi connectivity index (χ1v) is 14.6. The van der Waals surface area contributed by atoms with Crippen molar-refractivity contribution in [2.24, 2.45) is 17.8 Å². The first kappa shape index (κ1) is 28.6. The summed E-state index contributed by atoms with van der Waals surface area (Å²) in [5.74, 6) is -1.80. The molecule has 3 amide bonds. The van der Waals surface area contributed by atoms with Crippen LogP contribution >= 0.6 is 15.9 Å². The number of aliphatic hydroxyl groups excluding tert-OH is 1. The number of hydrogen-bond donors (Lipinski definition) is 3. The van der Waals surface area contributed by atoms with Crippen molar-refractivity contribution < 1.29 is 29.0 Å². The van der Waals surface area contributed by atoms with E-state index in [0.717, 1.165) is 5.56 Å². The van der Waals surface area contributed by atoms with Gasteiger partial charge in [0.05, 0.1) is 37.7 Å². The van der Waals surface area contributed by atoms with Crippen molar-refractivity contribution in [3.05, 3.63) is 60.2 Å². The Kier molecular flexibility index (Phi) is 8.22. The van der Waals surface area contributed by atoms with E-state index in [9.17, 15) is 19.5 Å². The number of aliphatic hydroxyl groups is 1. The molecule has 3 N–H and O–H groups in total. The molecule has 2 aromatic carbocycles. The number of halogens is 1. The zero-order valence-electron chi connectivity index (χ0n) is 22.9. The lowest BCUT2D eigenvalue weighted by molar-refractivity contribution is -0.144. The normalized spacial score (nSPS) is 29.4. The fourth-order valence-corrected chi connectivity index (χ4v) is 7.61. The Labute approximate surface area is 242 Å². The van der Waals surface area contributed by atoms with Crippen molar-refractivity contribution >= 4 is 39.3 Å². The molecule has 3 heterocycles. The molecule has 5 rings (SSSR count). The van der Waals surface area contributed by atoms with Gasteiger partial charge >= 0.3 is 0 Å². The number of rotatable bonds is 10. The van der Waals surface area contributed by atoms with E-state index in [-0.39, 0.29) is 29.2 Å². The van der Waals surface area contributed by atoms with Gasteiger partial charge in [-0.05, 0) is 48.6 Å². The molecular formula is C30H36BrN3O6. The van der Waals surface area contributed by atoms with Crippen LogP contribution < -0.4 is 15.4 Å². The summed E-state index contributed by atoms with van der Waals surface area (Å²) in [5.41, 5.74) is 0.284. The highest BCUT2D eigenvalue weighted by Crippen LogP contribution is 2.60. The minimum atomic E-state index is -1.20. The summed E-state index contributed by atoms with van der Waals surface area (Å²) >= 11 is 3.70. The average Bonchev–Trinajstić information content (AvgIpc) is 3.54. The monoisotopic (exact) mass is 613 g/mol. The average molecular weight is 615 g/mol. The fourth-order valence-electron chi connectivity index (χ4n) is 6.67. The fraction of sp³-hybridized carbons (Fsp3) is 0.500. The molecule has 0 aromatic heterocycles. The number of ether oxygens (including phenoxy) is 2. The number of nitrogens with one attached hydrogen (secondary N) is 2. The number of alkyl halides is 1. The van der Waals surface area contributed by atoms with E-state index >= 15 is 0 Å². The van der Waals surface area contributed by atoms with Gasteiger partial charge < -0.3 is 30.1 Å². The first-order chi connectivity index (χ1) is 19.2. The number of nitrogens with zero attached hydrogens (tertiary/aromatic N) is 1. The number of likely N-dealkylation sites (tertiary alicyclic amines) is 1. The molecule has 214 valence electrons. The maximum atomic E-state index is 14.2. The number of hydrogen-bond acceptors (Lipinski definition) is 6. The third kappa shape index (κ3) is 5.01. The summed E-state index contributed by atoms with van der Waals surface area (Å²) in [4.78, 5) is 43.2. The van der Waals surface area contributed by atoms with Crippen LogP contribution in [0.4, 0.5) is 5.69 Å². The zero-order valence-corrected chi connectivity index (χ0v) is 24.5. The molecule has 0 radical (unpaired) electrons. The molecule has 3 unspecified atom stereocenters. The van der Waals surface area contributed by atoms with Crippen LogP contribution in [-0.2, 0) is 25.7 Å². The standard InChI is InChI=1S/C30H36BrN3O6/c1-17(2)13-20(16-35)34-26(28(37)33-19-9-11-21(39-3)12-10-19)30-14-22(31)25(40-30)23(24(30)29(34)38)27(36)32-15-18-7-5-4-6-8-18/h4-12,17,20,22-26,35H,13-16H2,1-3H3,(H,32,36)(H,33,37)/t20-,22?,23-,24+,25-,26?,30?/m1/s1. The number of carbonyl (C=O) groups is 3. The van der Waals surface area contributed by atoms with E-state index < -0.39 is 41.5 Å². The van der Waals surface area contributed by atoms with Crippen molar-refractivity contribution in [1.29, 1.82) is 0 Å². The highest BCUT2D eigenvalue weighted by Gasteiger charge is 2.77. The van der Waals surface area contributed by atoms with E-state index in [4.69, 9.17) is 9.47 Å². The third-order valence-corrected chi connectivity index (χ3v) is 9.14. The molecule has 9 nitrogen and oxygen atoms in total. The molecule has 2 bridgehead atoms. The molecule has 3 aliphatic heterocycles. The molecule has 1 spiro atoms. The van der Waals surface area contributed by atoms with Gasteiger partial charge in [0.2, 0.25) is 17.7 Å². The van der Waals surface area contributed by atoms with E-state index in [0.29, 0.717) is 30.8 Å². The molecule has 2 aromatic rings. The summed E-state index contributed by atoms with van der Waals surface area (Å²) in [6.45, 7) is 4.03. The van der Waals surface area contributed by atoms with Crippen molar-refractivity contribution in [2.45, 2.75) is 61.8 Å². The predicted octanol–water partition coefficient (Wildman–Crippen LogP) is 3.11. The van der Waals surface area contributed by atoms with Crippen molar-refractivity contribution in [1.82, 2.24) is 10.2 Å². The largest absolute Gasteiger partial charge is 0.497 e. The van der Waals surface area contributed by atoms with Gasteiger partial charge in [-0.25, -0.2) is 0 Å². The van der Waals surface area contributed by atoms with Crippen molar-refractivity contribution in [2.75, 3.05) is 19.0 Å². The quantitative estimate of drug-likeness (QED) is 0.355. The Morgan fingerprint density at radius 3 is 2.48 bits per heavy atom. The molecule has 7 atom stereocenters. The summed E-state index contributed by atoms with van der Waals surface area (Å²) in [6, 6.07) is 14.9. The predicted molar refractivity (Wildman–Crippen MR) is 153 cm³/mol. The minimum Gasteiger partial charge on any atom is -0.497 e. The highest BCUT2D eigenvalue weighted by atomic mass is 79.9. The van der Waals surface area contributed by atoms with Crippen LogP contribution in [0.1, 0.15) is 32.3 Å². The zero-order chi connectivity index (χ0) is 28.6. The maximum Gasteiger partial charge on any atom is 0.250 e. The molecule has 0 saturated carbocycles. The van der Waals surface area contributed by atoms with Crippen LogP contribution in [0.5, 0.6) is 5.75 Å². The lowest BCUT2D eigenvalue weighted by atomic mass is 9.70. The van der Waals surface area contributed by atoms with E-state index in [1.165, 1.54) is 4.90 Å². The van der Waals surface area contributed by atoms with Crippen LogP contribution in [0, 0.1) is 17.8 Å². The van der Waals surface area contributed by atoms with Gasteiger partial charge in [0.1, 0.15) is 17.4 Å². The smallest absolute Gasteiger partial charge is 0.250 e. The molecule has 3 saturated heterocycles. The second-order valence-electron chi connectivity index (χ2n) is 11.3. The molecule has 3 aliphatic rings. The number of carbonyl (C=O) groups excluding carboxylic acids is 3. The van der Waals surface area contributed by atoms with Gasteiger partial charge in [0, 0.05) is 17.1 Å². The Bertz CT molecular complexity index is 1240. The van der Waals surface area contributed by atoms with E-state index in [1.54, 1.807) is 31.4 Å². The molecule has 10 heteroatoms. The van der Waals surface area contributed by atoms with E-state index in [2.05, 4.69) is 26.6 Å². The van der Waals surface area contributed by atoms with Gasteiger partial charge in [-0.2, -0.15) is 0 Å². The Morgan fingerprint density at radius 2 is 1.85 bits per heavy atom. The second-order valence-corrected chi connectivity index (χ2v) is 12.5. The molecule has 40 heavy (non-hydrogen) atoms. The van der Waals surface area contributed by atoms with Gasteiger partial charge in [-0.1, -0.05) is 60.1 Å². The van der Waals surface area contributed by atoms with Crippen LogP contribution in [0.15, 0.2) is 54.6 Å². The van der Waals surface area contributed by atoms with Crippen LogP contribution in [0.25, 0.3) is 0 Å². The van der Waals surface area contributed by atoms with Gasteiger partial charge in [-0.3, -0.25) is 14.4 Å². The maximum absolute atomic E-state index is 14.2. The number of anilines is 1. The van der Waals surface area contributed by atoms with Crippen molar-refractivity contribution in [3.8, 4) is 5.75 Å². The van der Waals surface area contributed by atoms with Gasteiger partial charge in [0.25, 0.3) is 0 Å². The van der Waals surface area contributed by atoms with Crippen molar-refractivity contribution in [3.63, 3.8) is 0 Å².